The summed E-state index contributed by atoms with van der Waals surface area (Å²) in [5.74, 6) is -0.0143. The van der Waals surface area contributed by atoms with Gasteiger partial charge in [-0.25, -0.2) is 15.5 Å². The highest BCUT2D eigenvalue weighted by molar-refractivity contribution is 5.76. The molecule has 5 N–H and O–H groups in total. The van der Waals surface area contributed by atoms with Gasteiger partial charge in [-0.1, -0.05) is 0 Å². The van der Waals surface area contributed by atoms with E-state index < -0.39 is 0 Å². The molecule has 0 aromatic carbocycles. The second kappa shape index (κ2) is 3.57. The Morgan fingerprint density at radius 3 is 3.27 bits per heavy atom. The molecule has 0 amide bonds. The zero-order chi connectivity index (χ0) is 8.10. The van der Waals surface area contributed by atoms with Gasteiger partial charge in [-0.3, -0.25) is 5.21 Å². The summed E-state index contributed by atoms with van der Waals surface area (Å²) >= 11 is 0. The number of aromatic amines is 1. The zero-order valence-corrected chi connectivity index (χ0v) is 5.78. The molecule has 0 atom stereocenters. The Labute approximate surface area is 63.1 Å². The molecule has 0 spiro atoms. The van der Waals surface area contributed by atoms with E-state index in [0.717, 1.165) is 5.69 Å². The molecule has 0 unspecified atom stereocenters. The molecule has 11 heavy (non-hydrogen) atoms. The summed E-state index contributed by atoms with van der Waals surface area (Å²) in [5, 5.41) is 8.23. The number of aliphatic imine (C=N–C) groups is 1. The van der Waals surface area contributed by atoms with Gasteiger partial charge < -0.3 is 10.7 Å². The molecule has 0 aliphatic rings. The van der Waals surface area contributed by atoms with Crippen LogP contribution in [0.1, 0.15) is 5.69 Å². The van der Waals surface area contributed by atoms with Crippen LogP contribution < -0.4 is 11.2 Å². The Balaban J connectivity index is 2.45. The van der Waals surface area contributed by atoms with Crippen LogP contribution in [0.5, 0.6) is 0 Å². The van der Waals surface area contributed by atoms with Crippen LogP contribution in [0.2, 0.25) is 0 Å². The van der Waals surface area contributed by atoms with Crippen molar-refractivity contribution in [1.29, 1.82) is 0 Å². The van der Waals surface area contributed by atoms with Crippen molar-refractivity contribution in [1.82, 2.24) is 15.4 Å². The third kappa shape index (κ3) is 2.26. The van der Waals surface area contributed by atoms with Crippen LogP contribution in [0.15, 0.2) is 17.5 Å². The number of nitrogens with two attached hydrogens (primary N) is 1. The molecule has 6 heteroatoms. The molecule has 1 aromatic rings. The Morgan fingerprint density at radius 2 is 2.73 bits per heavy atom. The molecule has 1 aromatic heterocycles. The molecule has 0 aliphatic heterocycles. The highest BCUT2D eigenvalue weighted by Gasteiger charge is 1.90. The van der Waals surface area contributed by atoms with E-state index in [0.29, 0.717) is 6.54 Å². The topological polar surface area (TPSA) is 99.3 Å². The SMILES string of the molecule is NC(=NCc1cnc[nH]1)NO. The van der Waals surface area contributed by atoms with Crippen molar-refractivity contribution in [2.75, 3.05) is 0 Å². The summed E-state index contributed by atoms with van der Waals surface area (Å²) < 4.78 is 0. The summed E-state index contributed by atoms with van der Waals surface area (Å²) in [4.78, 5) is 10.4. The van der Waals surface area contributed by atoms with Crippen molar-refractivity contribution in [3.05, 3.63) is 18.2 Å². The number of aromatic nitrogens is 2. The number of hydroxylamine groups is 1. The van der Waals surface area contributed by atoms with E-state index in [2.05, 4.69) is 15.0 Å². The smallest absolute Gasteiger partial charge is 0.213 e. The molecule has 0 fully saturated rings. The van der Waals surface area contributed by atoms with Crippen LogP contribution in [0, 0.1) is 0 Å². The number of guanidine groups is 1. The Bertz CT molecular complexity index is 229. The lowest BCUT2D eigenvalue weighted by molar-refractivity contribution is 0.232. The summed E-state index contributed by atoms with van der Waals surface area (Å²) in [5.41, 5.74) is 7.70. The minimum Gasteiger partial charge on any atom is -0.368 e. The summed E-state index contributed by atoms with van der Waals surface area (Å²) in [6, 6.07) is 0. The van der Waals surface area contributed by atoms with Gasteiger partial charge in [0.05, 0.1) is 18.6 Å². The largest absolute Gasteiger partial charge is 0.368 e. The van der Waals surface area contributed by atoms with Gasteiger partial charge in [0.1, 0.15) is 0 Å². The van der Waals surface area contributed by atoms with E-state index in [1.807, 2.05) is 0 Å². The number of imidazole rings is 1. The number of H-pyrrole nitrogens is 1. The molecule has 0 aliphatic carbocycles. The average molecular weight is 155 g/mol. The van der Waals surface area contributed by atoms with Gasteiger partial charge in [-0.05, 0) is 0 Å². The van der Waals surface area contributed by atoms with E-state index in [1.165, 1.54) is 0 Å². The lowest BCUT2D eigenvalue weighted by Gasteiger charge is -1.94. The number of nitrogens with one attached hydrogen (secondary N) is 2. The van der Waals surface area contributed by atoms with Crippen LogP contribution in [0.4, 0.5) is 0 Å². The second-order valence-electron chi connectivity index (χ2n) is 1.89. The molecule has 0 bridgehead atoms. The van der Waals surface area contributed by atoms with E-state index in [9.17, 15) is 0 Å². The van der Waals surface area contributed by atoms with E-state index >= 15 is 0 Å². The van der Waals surface area contributed by atoms with Crippen LogP contribution in [-0.4, -0.2) is 21.1 Å². The number of nitrogens with zero attached hydrogens (tertiary/aromatic N) is 2. The predicted molar refractivity (Wildman–Crippen MR) is 38.8 cm³/mol. The average Bonchev–Trinajstić information content (AvgIpc) is 2.52. The normalized spacial score (nSPS) is 11.5. The van der Waals surface area contributed by atoms with E-state index in [4.69, 9.17) is 10.9 Å². The Kier molecular flexibility index (Phi) is 2.45. The maximum Gasteiger partial charge on any atom is 0.213 e. The lowest BCUT2D eigenvalue weighted by atomic mass is 10.5. The van der Waals surface area contributed by atoms with Crippen LogP contribution >= 0.6 is 0 Å². The lowest BCUT2D eigenvalue weighted by Crippen LogP contribution is -2.28. The van der Waals surface area contributed by atoms with E-state index in [-0.39, 0.29) is 5.96 Å². The number of hydrogen-bond acceptors (Lipinski definition) is 3. The minimum atomic E-state index is -0.0143. The van der Waals surface area contributed by atoms with Gasteiger partial charge in [0.25, 0.3) is 0 Å². The standard InChI is InChI=1S/C5H9N5O/c6-5(10-11)8-2-4-1-7-3-9-4/h1,3,11H,2H2,(H,7,9)(H3,6,8,10). The predicted octanol–water partition coefficient (Wildman–Crippen LogP) is -0.797. The highest BCUT2D eigenvalue weighted by atomic mass is 16.5. The quantitative estimate of drug-likeness (QED) is 0.255. The first-order valence-corrected chi connectivity index (χ1v) is 3.00. The fourth-order valence-corrected chi connectivity index (χ4v) is 0.577. The molecule has 0 saturated heterocycles. The Morgan fingerprint density at radius 1 is 1.91 bits per heavy atom. The van der Waals surface area contributed by atoms with Crippen LogP contribution in [0.25, 0.3) is 0 Å². The molecule has 0 radical (unpaired) electrons. The number of hydrogen-bond donors (Lipinski definition) is 4. The molecule has 6 nitrogen and oxygen atoms in total. The van der Waals surface area contributed by atoms with Gasteiger partial charge in [0.15, 0.2) is 0 Å². The fraction of sp³-hybridized carbons (Fsp3) is 0.200. The van der Waals surface area contributed by atoms with Crippen molar-refractivity contribution in [3.63, 3.8) is 0 Å². The summed E-state index contributed by atoms with van der Waals surface area (Å²) in [6.45, 7) is 0.374. The first-order chi connectivity index (χ1) is 5.33. The van der Waals surface area contributed by atoms with Crippen LogP contribution in [0.3, 0.4) is 0 Å². The maximum absolute atomic E-state index is 8.23. The summed E-state index contributed by atoms with van der Waals surface area (Å²) in [7, 11) is 0. The van der Waals surface area contributed by atoms with E-state index in [1.54, 1.807) is 18.0 Å². The van der Waals surface area contributed by atoms with Gasteiger partial charge in [0.2, 0.25) is 5.96 Å². The molecule has 1 heterocycles. The van der Waals surface area contributed by atoms with Gasteiger partial charge in [-0.15, -0.1) is 0 Å². The highest BCUT2D eigenvalue weighted by Crippen LogP contribution is 1.91. The molecular formula is C5H9N5O. The van der Waals surface area contributed by atoms with Gasteiger partial charge in [-0.2, -0.15) is 0 Å². The van der Waals surface area contributed by atoms with Crippen molar-refractivity contribution >= 4 is 5.96 Å². The van der Waals surface area contributed by atoms with Gasteiger partial charge in [0, 0.05) is 6.20 Å². The minimum absolute atomic E-state index is 0.0143. The molecule has 0 saturated carbocycles. The zero-order valence-electron chi connectivity index (χ0n) is 5.78. The fourth-order valence-electron chi connectivity index (χ4n) is 0.577. The van der Waals surface area contributed by atoms with Crippen LogP contribution in [-0.2, 0) is 6.54 Å². The third-order valence-electron chi connectivity index (χ3n) is 1.09. The van der Waals surface area contributed by atoms with Crippen molar-refractivity contribution < 1.29 is 5.21 Å². The molecule has 1 rings (SSSR count). The van der Waals surface area contributed by atoms with Gasteiger partial charge >= 0.3 is 0 Å². The summed E-state index contributed by atoms with van der Waals surface area (Å²) in [6.07, 6.45) is 3.18. The first-order valence-electron chi connectivity index (χ1n) is 3.00. The number of rotatable bonds is 2. The second-order valence-corrected chi connectivity index (χ2v) is 1.89. The van der Waals surface area contributed by atoms with Crippen molar-refractivity contribution in [3.8, 4) is 0 Å². The molecule has 60 valence electrons. The third-order valence-corrected chi connectivity index (χ3v) is 1.09. The first kappa shape index (κ1) is 7.55. The maximum atomic E-state index is 8.23. The van der Waals surface area contributed by atoms with Crippen molar-refractivity contribution in [2.45, 2.75) is 6.54 Å². The monoisotopic (exact) mass is 155 g/mol. The molecular weight excluding hydrogens is 146 g/mol. The Hall–Kier alpha value is -1.56. The van der Waals surface area contributed by atoms with Crippen molar-refractivity contribution in [2.24, 2.45) is 10.7 Å².